The van der Waals surface area contributed by atoms with Crippen LogP contribution in [0.5, 0.6) is 5.75 Å². The number of hydrogen-bond donors (Lipinski definition) is 3. The highest BCUT2D eigenvalue weighted by Crippen LogP contribution is 2.28. The first-order valence-corrected chi connectivity index (χ1v) is 8.10. The molecule has 23 heavy (non-hydrogen) atoms. The fourth-order valence-electron chi connectivity index (χ4n) is 2.01. The number of halogens is 1. The van der Waals surface area contributed by atoms with Crippen LogP contribution in [0.2, 0.25) is 5.02 Å². The second-order valence-corrected chi connectivity index (χ2v) is 6.52. The predicted molar refractivity (Wildman–Crippen MR) is 91.6 cm³/mol. The number of amides is 2. The number of carbonyl (C=O) groups is 1. The maximum absolute atomic E-state index is 12.1. The summed E-state index contributed by atoms with van der Waals surface area (Å²) in [6, 6.07) is 3.95. The maximum Gasteiger partial charge on any atom is 0.321 e. The zero-order valence-corrected chi connectivity index (χ0v) is 14.6. The lowest BCUT2D eigenvalue weighted by atomic mass is 10.1. The molecule has 0 aliphatic heterocycles. The van der Waals surface area contributed by atoms with Crippen LogP contribution in [0.15, 0.2) is 18.2 Å². The number of rotatable bonds is 5. The fourth-order valence-corrected chi connectivity index (χ4v) is 2.98. The summed E-state index contributed by atoms with van der Waals surface area (Å²) in [7, 11) is 1.50. The van der Waals surface area contributed by atoms with Crippen LogP contribution >= 0.6 is 22.9 Å². The second kappa shape index (κ2) is 7.63. The van der Waals surface area contributed by atoms with Crippen LogP contribution in [0.3, 0.4) is 0 Å². The lowest BCUT2D eigenvalue weighted by Crippen LogP contribution is -2.34. The summed E-state index contributed by atoms with van der Waals surface area (Å²) in [6.45, 7) is 3.54. The molecule has 0 aliphatic rings. The first kappa shape index (κ1) is 17.5. The van der Waals surface area contributed by atoms with Crippen LogP contribution in [-0.2, 0) is 0 Å². The van der Waals surface area contributed by atoms with Crippen LogP contribution in [0.4, 0.5) is 9.93 Å². The Bertz CT molecular complexity index is 686. The molecule has 0 spiro atoms. The van der Waals surface area contributed by atoms with Crippen LogP contribution < -0.4 is 15.4 Å². The number of nitrogens with zero attached hydrogens (tertiary/aromatic N) is 1. The summed E-state index contributed by atoms with van der Waals surface area (Å²) in [6.07, 6.45) is 0. The number of anilines is 1. The Kier molecular flexibility index (Phi) is 5.81. The van der Waals surface area contributed by atoms with Crippen molar-refractivity contribution >= 4 is 34.1 Å². The van der Waals surface area contributed by atoms with E-state index in [1.807, 2.05) is 13.8 Å². The Balaban J connectivity index is 2.11. The van der Waals surface area contributed by atoms with Crippen molar-refractivity contribution in [2.45, 2.75) is 19.9 Å². The van der Waals surface area contributed by atoms with Gasteiger partial charge in [0.15, 0.2) is 5.13 Å². The van der Waals surface area contributed by atoms with Crippen molar-refractivity contribution in [2.24, 2.45) is 0 Å². The molecule has 2 rings (SSSR count). The number of carbonyl (C=O) groups excluding carboxylic acids is 1. The van der Waals surface area contributed by atoms with Crippen molar-refractivity contribution in [2.75, 3.05) is 19.0 Å². The van der Waals surface area contributed by atoms with Gasteiger partial charge in [0.2, 0.25) is 0 Å². The molecular formula is C15H18ClN3O3S. The molecule has 1 aromatic heterocycles. The molecule has 0 aliphatic carbocycles. The number of thiazole rings is 1. The molecule has 6 nitrogen and oxygen atoms in total. The molecular weight excluding hydrogens is 338 g/mol. The van der Waals surface area contributed by atoms with Crippen LogP contribution in [0.25, 0.3) is 0 Å². The van der Waals surface area contributed by atoms with Crippen molar-refractivity contribution < 1.29 is 14.6 Å². The van der Waals surface area contributed by atoms with Gasteiger partial charge in [0.1, 0.15) is 5.75 Å². The van der Waals surface area contributed by atoms with E-state index in [-0.39, 0.29) is 6.61 Å². The number of urea groups is 1. The summed E-state index contributed by atoms with van der Waals surface area (Å²) < 4.78 is 5.25. The smallest absolute Gasteiger partial charge is 0.321 e. The summed E-state index contributed by atoms with van der Waals surface area (Å²) in [5.74, 6) is 0.498. The van der Waals surface area contributed by atoms with Gasteiger partial charge in [-0.1, -0.05) is 17.7 Å². The normalized spacial score (nSPS) is 11.9. The number of benzene rings is 1. The Labute approximate surface area is 143 Å². The molecule has 124 valence electrons. The summed E-state index contributed by atoms with van der Waals surface area (Å²) >= 11 is 7.32. The highest BCUT2D eigenvalue weighted by Gasteiger charge is 2.19. The summed E-state index contributed by atoms with van der Waals surface area (Å²) in [5, 5.41) is 16.0. The van der Waals surface area contributed by atoms with E-state index in [1.165, 1.54) is 18.4 Å². The van der Waals surface area contributed by atoms with Crippen LogP contribution in [0, 0.1) is 13.8 Å². The quantitative estimate of drug-likeness (QED) is 0.768. The fraction of sp³-hybridized carbons (Fsp3) is 0.333. The molecule has 3 N–H and O–H groups in total. The minimum absolute atomic E-state index is 0.276. The highest BCUT2D eigenvalue weighted by molar-refractivity contribution is 7.15. The first-order valence-electron chi connectivity index (χ1n) is 6.90. The predicted octanol–water partition coefficient (Wildman–Crippen LogP) is 3.28. The van der Waals surface area contributed by atoms with Crippen LogP contribution in [-0.4, -0.2) is 29.8 Å². The zero-order valence-electron chi connectivity index (χ0n) is 13.0. The number of aryl methyl sites for hydroxylation is 2. The monoisotopic (exact) mass is 355 g/mol. The van der Waals surface area contributed by atoms with E-state index in [9.17, 15) is 9.90 Å². The molecule has 0 radical (unpaired) electrons. The molecule has 1 heterocycles. The SMILES string of the molecule is COc1cc(Cl)ccc1C(CO)NC(=O)Nc1nc(C)c(C)s1. The molecule has 0 fully saturated rings. The lowest BCUT2D eigenvalue weighted by molar-refractivity contribution is 0.224. The number of methoxy groups -OCH3 is 1. The van der Waals surface area contributed by atoms with Gasteiger partial charge in [-0.25, -0.2) is 9.78 Å². The summed E-state index contributed by atoms with van der Waals surface area (Å²) in [4.78, 5) is 17.4. The number of aliphatic hydroxyl groups is 1. The van der Waals surface area contributed by atoms with E-state index in [2.05, 4.69) is 15.6 Å². The molecule has 0 saturated carbocycles. The van der Waals surface area contributed by atoms with Gasteiger partial charge in [-0.15, -0.1) is 11.3 Å². The topological polar surface area (TPSA) is 83.5 Å². The highest BCUT2D eigenvalue weighted by atomic mass is 35.5. The zero-order chi connectivity index (χ0) is 17.0. The molecule has 2 amide bonds. The average molecular weight is 356 g/mol. The van der Waals surface area contributed by atoms with E-state index in [4.69, 9.17) is 16.3 Å². The average Bonchev–Trinajstić information content (AvgIpc) is 2.82. The van der Waals surface area contributed by atoms with Crippen molar-refractivity contribution in [1.82, 2.24) is 10.3 Å². The van der Waals surface area contributed by atoms with Crippen molar-refractivity contribution in [3.8, 4) is 5.75 Å². The third-order valence-electron chi connectivity index (χ3n) is 3.31. The number of aliphatic hydroxyl groups excluding tert-OH is 1. The Hall–Kier alpha value is -1.83. The Morgan fingerprint density at radius 3 is 2.78 bits per heavy atom. The third kappa shape index (κ3) is 4.34. The van der Waals surface area contributed by atoms with E-state index in [1.54, 1.807) is 18.2 Å². The maximum atomic E-state index is 12.1. The van der Waals surface area contributed by atoms with E-state index in [0.29, 0.717) is 21.5 Å². The van der Waals surface area contributed by atoms with E-state index < -0.39 is 12.1 Å². The number of hydrogen-bond acceptors (Lipinski definition) is 5. The van der Waals surface area contributed by atoms with Crippen LogP contribution in [0.1, 0.15) is 22.2 Å². The Morgan fingerprint density at radius 1 is 1.48 bits per heavy atom. The number of ether oxygens (including phenoxy) is 1. The molecule has 2 aromatic rings. The summed E-state index contributed by atoms with van der Waals surface area (Å²) in [5.41, 5.74) is 1.52. The molecule has 1 aromatic carbocycles. The molecule has 0 saturated heterocycles. The second-order valence-electron chi connectivity index (χ2n) is 4.88. The Morgan fingerprint density at radius 2 is 2.22 bits per heavy atom. The van der Waals surface area contributed by atoms with E-state index in [0.717, 1.165) is 10.6 Å². The number of aromatic nitrogens is 1. The number of nitrogens with one attached hydrogen (secondary N) is 2. The van der Waals surface area contributed by atoms with Gasteiger partial charge in [-0.3, -0.25) is 5.32 Å². The lowest BCUT2D eigenvalue weighted by Gasteiger charge is -2.19. The van der Waals surface area contributed by atoms with Crippen molar-refractivity contribution in [3.63, 3.8) is 0 Å². The van der Waals surface area contributed by atoms with E-state index >= 15 is 0 Å². The molecule has 1 atom stereocenters. The minimum Gasteiger partial charge on any atom is -0.496 e. The van der Waals surface area contributed by atoms with Crippen molar-refractivity contribution in [3.05, 3.63) is 39.4 Å². The standard InChI is InChI=1S/C15H18ClN3O3S/c1-8-9(2)23-15(17-8)19-14(21)18-12(7-20)11-5-4-10(16)6-13(11)22-3/h4-6,12,20H,7H2,1-3H3,(H2,17,18,19,21). The molecule has 8 heteroatoms. The first-order chi connectivity index (χ1) is 10.9. The van der Waals surface area contributed by atoms with Gasteiger partial charge in [0, 0.05) is 15.5 Å². The molecule has 1 unspecified atom stereocenters. The van der Waals surface area contributed by atoms with Gasteiger partial charge in [0.25, 0.3) is 0 Å². The van der Waals surface area contributed by atoms with Gasteiger partial charge in [0.05, 0.1) is 25.5 Å². The van der Waals surface area contributed by atoms with Crippen molar-refractivity contribution in [1.29, 1.82) is 0 Å². The van der Waals surface area contributed by atoms with Gasteiger partial charge in [-0.2, -0.15) is 0 Å². The van der Waals surface area contributed by atoms with Gasteiger partial charge < -0.3 is 15.2 Å². The third-order valence-corrected chi connectivity index (χ3v) is 4.53. The minimum atomic E-state index is -0.621. The van der Waals surface area contributed by atoms with Gasteiger partial charge >= 0.3 is 6.03 Å². The largest absolute Gasteiger partial charge is 0.496 e. The van der Waals surface area contributed by atoms with Gasteiger partial charge in [-0.05, 0) is 26.0 Å². The molecule has 0 bridgehead atoms.